The molecule has 0 aliphatic carbocycles. The summed E-state index contributed by atoms with van der Waals surface area (Å²) >= 11 is 0. The molecule has 2 aromatic carbocycles. The summed E-state index contributed by atoms with van der Waals surface area (Å²) in [6, 6.07) is 13.3. The van der Waals surface area contributed by atoms with Crippen molar-refractivity contribution in [3.63, 3.8) is 0 Å². The Kier molecular flexibility index (Phi) is 4.39. The number of nitrogens with one attached hydrogen (secondary N) is 1. The molecule has 1 unspecified atom stereocenters. The largest absolute Gasteiger partial charge is 0.660 e. The Labute approximate surface area is 156 Å². The molecule has 1 aliphatic rings. The van der Waals surface area contributed by atoms with Gasteiger partial charge < -0.3 is 15.2 Å². The molecule has 0 saturated heterocycles. The standard InChI is InChI=1S/C21H19FN3O2/c1-23-20(26)17-12-25(21(27)13-6-8-14(22)9-7-13)11-10-16-15-4-2-3-5-18(15)24-19(16)17/h2-9,17H,10-12H2,1H3,(H,23,26)/q-1. The van der Waals surface area contributed by atoms with Crippen molar-refractivity contribution in [3.05, 3.63) is 71.2 Å². The molecule has 1 aliphatic heterocycles. The van der Waals surface area contributed by atoms with E-state index in [2.05, 4.69) is 5.32 Å². The van der Waals surface area contributed by atoms with Gasteiger partial charge in [-0.3, -0.25) is 9.59 Å². The van der Waals surface area contributed by atoms with Crippen molar-refractivity contribution >= 4 is 22.7 Å². The maximum atomic E-state index is 13.2. The molecule has 27 heavy (non-hydrogen) atoms. The summed E-state index contributed by atoms with van der Waals surface area (Å²) in [5, 5.41) is 3.71. The Balaban J connectivity index is 1.72. The van der Waals surface area contributed by atoms with Crippen molar-refractivity contribution < 1.29 is 14.0 Å². The van der Waals surface area contributed by atoms with Crippen LogP contribution in [0.3, 0.4) is 0 Å². The molecule has 5 nitrogen and oxygen atoms in total. The minimum atomic E-state index is -0.538. The fourth-order valence-corrected chi connectivity index (χ4v) is 3.70. The quantitative estimate of drug-likeness (QED) is 0.760. The van der Waals surface area contributed by atoms with Crippen molar-refractivity contribution in [1.82, 2.24) is 15.2 Å². The lowest BCUT2D eigenvalue weighted by Crippen LogP contribution is -2.39. The second kappa shape index (κ2) is 6.87. The number of rotatable bonds is 2. The topological polar surface area (TPSA) is 63.5 Å². The van der Waals surface area contributed by atoms with E-state index in [-0.39, 0.29) is 24.2 Å². The molecule has 3 aromatic rings. The number of likely N-dealkylation sites (N-methyl/N-ethyl adjacent to an activating group) is 1. The van der Waals surface area contributed by atoms with E-state index in [1.165, 1.54) is 24.3 Å². The number of aromatic nitrogens is 1. The molecule has 1 N–H and O–H groups in total. The second-order valence-electron chi connectivity index (χ2n) is 6.67. The van der Waals surface area contributed by atoms with E-state index in [0.717, 1.165) is 22.2 Å². The zero-order valence-electron chi connectivity index (χ0n) is 14.9. The zero-order valence-corrected chi connectivity index (χ0v) is 14.9. The molecule has 0 radical (unpaired) electrons. The average molecular weight is 364 g/mol. The lowest BCUT2D eigenvalue weighted by Gasteiger charge is -2.26. The van der Waals surface area contributed by atoms with Gasteiger partial charge in [0, 0.05) is 25.7 Å². The highest BCUT2D eigenvalue weighted by Crippen LogP contribution is 2.31. The molecule has 6 heteroatoms. The van der Waals surface area contributed by atoms with Gasteiger partial charge in [0.05, 0.1) is 5.92 Å². The van der Waals surface area contributed by atoms with Crippen LogP contribution in [0.2, 0.25) is 0 Å². The van der Waals surface area contributed by atoms with Gasteiger partial charge in [-0.05, 0) is 36.1 Å². The van der Waals surface area contributed by atoms with Gasteiger partial charge in [0.1, 0.15) is 5.82 Å². The van der Waals surface area contributed by atoms with Crippen LogP contribution in [-0.2, 0) is 11.2 Å². The summed E-state index contributed by atoms with van der Waals surface area (Å²) in [6.07, 6.45) is 0.621. The molecule has 0 fully saturated rings. The van der Waals surface area contributed by atoms with E-state index in [9.17, 15) is 14.0 Å². The Morgan fingerprint density at radius 3 is 2.63 bits per heavy atom. The molecular formula is C21H19FN3O2-. The predicted molar refractivity (Wildman–Crippen MR) is 100 cm³/mol. The number of hydrogen-bond acceptors (Lipinski definition) is 2. The highest BCUT2D eigenvalue weighted by atomic mass is 19.1. The summed E-state index contributed by atoms with van der Waals surface area (Å²) in [5.41, 5.74) is 3.04. The van der Waals surface area contributed by atoms with Crippen molar-refractivity contribution in [2.24, 2.45) is 0 Å². The number of amides is 2. The third kappa shape index (κ3) is 3.07. The van der Waals surface area contributed by atoms with Crippen LogP contribution in [0.25, 0.3) is 10.9 Å². The highest BCUT2D eigenvalue weighted by molar-refractivity contribution is 5.96. The summed E-state index contributed by atoms with van der Waals surface area (Å²) < 4.78 is 13.2. The summed E-state index contributed by atoms with van der Waals surface area (Å²) in [6.45, 7) is 0.721. The van der Waals surface area contributed by atoms with Gasteiger partial charge in [0.25, 0.3) is 5.91 Å². The smallest absolute Gasteiger partial charge is 0.253 e. The van der Waals surface area contributed by atoms with Crippen LogP contribution in [0.1, 0.15) is 27.5 Å². The fraction of sp³-hybridized carbons (Fsp3) is 0.238. The predicted octanol–water partition coefficient (Wildman–Crippen LogP) is 2.46. The Bertz CT molecular complexity index is 1010. The van der Waals surface area contributed by atoms with Gasteiger partial charge in [-0.2, -0.15) is 0 Å². The number of carbonyl (C=O) groups excluding carboxylic acids is 2. The van der Waals surface area contributed by atoms with E-state index >= 15 is 0 Å². The first-order valence-corrected chi connectivity index (χ1v) is 8.89. The molecule has 0 bridgehead atoms. The van der Waals surface area contributed by atoms with Gasteiger partial charge in [-0.15, -0.1) is 11.2 Å². The Morgan fingerprint density at radius 1 is 1.15 bits per heavy atom. The third-order valence-electron chi connectivity index (χ3n) is 5.09. The van der Waals surface area contributed by atoms with Crippen LogP contribution >= 0.6 is 0 Å². The number of halogens is 1. The Hall–Kier alpha value is -3.15. The maximum Gasteiger partial charge on any atom is 0.253 e. The lowest BCUT2D eigenvalue weighted by atomic mass is 9.99. The average Bonchev–Trinajstić information content (AvgIpc) is 2.95. The van der Waals surface area contributed by atoms with Crippen LogP contribution in [0.5, 0.6) is 0 Å². The zero-order chi connectivity index (χ0) is 19.0. The highest BCUT2D eigenvalue weighted by Gasteiger charge is 2.29. The van der Waals surface area contributed by atoms with E-state index in [0.29, 0.717) is 18.5 Å². The summed E-state index contributed by atoms with van der Waals surface area (Å²) in [4.78, 5) is 31.8. The molecular weight excluding hydrogens is 345 g/mol. The Morgan fingerprint density at radius 2 is 1.89 bits per heavy atom. The molecule has 0 spiro atoms. The lowest BCUT2D eigenvalue weighted by molar-refractivity contribution is -0.122. The van der Waals surface area contributed by atoms with Crippen LogP contribution in [0, 0.1) is 5.82 Å². The summed E-state index contributed by atoms with van der Waals surface area (Å²) in [7, 11) is 1.59. The summed E-state index contributed by atoms with van der Waals surface area (Å²) in [5.74, 6) is -1.30. The number of hydrogen-bond donors (Lipinski definition) is 1. The second-order valence-corrected chi connectivity index (χ2v) is 6.67. The van der Waals surface area contributed by atoms with E-state index in [1.54, 1.807) is 11.9 Å². The maximum absolute atomic E-state index is 13.2. The normalized spacial score (nSPS) is 16.7. The first kappa shape index (κ1) is 17.3. The molecule has 1 atom stereocenters. The number of nitrogens with zero attached hydrogens (tertiary/aromatic N) is 2. The molecule has 4 rings (SSSR count). The van der Waals surface area contributed by atoms with Gasteiger partial charge in [-0.25, -0.2) is 4.39 Å². The van der Waals surface area contributed by atoms with Crippen LogP contribution < -0.4 is 10.3 Å². The first-order valence-electron chi connectivity index (χ1n) is 8.89. The SMILES string of the molecule is CNC(=O)C1CN(C(=O)c2ccc(F)cc2)CCc2c1[n-]c1ccccc21. The van der Waals surface area contributed by atoms with Crippen LogP contribution in [0.15, 0.2) is 48.5 Å². The van der Waals surface area contributed by atoms with E-state index in [4.69, 9.17) is 4.98 Å². The van der Waals surface area contributed by atoms with Crippen molar-refractivity contribution in [2.75, 3.05) is 20.1 Å². The van der Waals surface area contributed by atoms with E-state index < -0.39 is 5.92 Å². The number of para-hydroxylation sites is 1. The molecule has 0 saturated carbocycles. The number of benzene rings is 2. The monoisotopic (exact) mass is 364 g/mol. The van der Waals surface area contributed by atoms with Gasteiger partial charge in [-0.1, -0.05) is 29.8 Å². The third-order valence-corrected chi connectivity index (χ3v) is 5.09. The molecule has 2 amide bonds. The number of carbonyl (C=O) groups is 2. The molecule has 2 heterocycles. The van der Waals surface area contributed by atoms with Crippen molar-refractivity contribution in [1.29, 1.82) is 0 Å². The van der Waals surface area contributed by atoms with Gasteiger partial charge >= 0.3 is 0 Å². The fourth-order valence-electron chi connectivity index (χ4n) is 3.70. The van der Waals surface area contributed by atoms with Crippen molar-refractivity contribution in [2.45, 2.75) is 12.3 Å². The molecule has 138 valence electrons. The minimum absolute atomic E-state index is 0.169. The van der Waals surface area contributed by atoms with Crippen LogP contribution in [-0.4, -0.2) is 36.9 Å². The van der Waals surface area contributed by atoms with Crippen molar-refractivity contribution in [3.8, 4) is 0 Å². The van der Waals surface area contributed by atoms with Gasteiger partial charge in [0.15, 0.2) is 0 Å². The first-order chi connectivity index (χ1) is 13.1. The molecule has 1 aromatic heterocycles. The minimum Gasteiger partial charge on any atom is -0.660 e. The van der Waals surface area contributed by atoms with E-state index in [1.807, 2.05) is 24.3 Å². The van der Waals surface area contributed by atoms with Gasteiger partial charge in [0.2, 0.25) is 5.91 Å². The number of fused-ring (bicyclic) bond motifs is 3. The van der Waals surface area contributed by atoms with Crippen LogP contribution in [0.4, 0.5) is 4.39 Å².